The van der Waals surface area contributed by atoms with Crippen LogP contribution in [0.3, 0.4) is 0 Å². The molecule has 6 nitrogen and oxygen atoms in total. The van der Waals surface area contributed by atoms with Gasteiger partial charge in [-0.1, -0.05) is 13.8 Å². The Balaban J connectivity index is 2.22. The first-order valence-corrected chi connectivity index (χ1v) is 7.88. The van der Waals surface area contributed by atoms with Crippen molar-refractivity contribution in [1.29, 1.82) is 0 Å². The Morgan fingerprint density at radius 1 is 1.14 bits per heavy atom. The molecule has 0 aliphatic carbocycles. The maximum Gasteiger partial charge on any atom is 0.303 e. The van der Waals surface area contributed by atoms with Gasteiger partial charge in [0.25, 0.3) is 0 Å². The smallest absolute Gasteiger partial charge is 0.303 e. The van der Waals surface area contributed by atoms with Gasteiger partial charge in [-0.15, -0.1) is 0 Å². The molecule has 1 aliphatic rings. The van der Waals surface area contributed by atoms with Crippen LogP contribution in [-0.2, 0) is 9.59 Å². The van der Waals surface area contributed by atoms with Crippen molar-refractivity contribution in [2.24, 2.45) is 11.7 Å². The fourth-order valence-corrected chi connectivity index (χ4v) is 2.65. The fourth-order valence-electron chi connectivity index (χ4n) is 2.65. The lowest BCUT2D eigenvalue weighted by Crippen LogP contribution is -2.53. The highest BCUT2D eigenvalue weighted by atomic mass is 16.4. The minimum Gasteiger partial charge on any atom is -0.481 e. The number of nitrogens with zero attached hydrogens (tertiary/aromatic N) is 2. The van der Waals surface area contributed by atoms with Crippen molar-refractivity contribution in [3.05, 3.63) is 0 Å². The summed E-state index contributed by atoms with van der Waals surface area (Å²) >= 11 is 0. The van der Waals surface area contributed by atoms with Gasteiger partial charge in [0.15, 0.2) is 0 Å². The highest BCUT2D eigenvalue weighted by molar-refractivity contribution is 5.81. The van der Waals surface area contributed by atoms with Gasteiger partial charge in [0.2, 0.25) is 5.91 Å². The molecule has 0 aromatic rings. The van der Waals surface area contributed by atoms with Gasteiger partial charge in [-0.05, 0) is 31.7 Å². The van der Waals surface area contributed by atoms with Gasteiger partial charge in [-0.3, -0.25) is 14.5 Å². The number of piperazine rings is 1. The Bertz CT molecular complexity index is 339. The van der Waals surface area contributed by atoms with Crippen LogP contribution in [0.5, 0.6) is 0 Å². The summed E-state index contributed by atoms with van der Waals surface area (Å²) in [4.78, 5) is 26.8. The van der Waals surface area contributed by atoms with E-state index in [2.05, 4.69) is 18.7 Å². The number of amides is 1. The predicted octanol–water partition coefficient (Wildman–Crippen LogP) is 0.759. The summed E-state index contributed by atoms with van der Waals surface area (Å²) < 4.78 is 0. The van der Waals surface area contributed by atoms with Crippen LogP contribution in [0, 0.1) is 5.92 Å². The average Bonchev–Trinajstić information content (AvgIpc) is 2.42. The van der Waals surface area contributed by atoms with E-state index >= 15 is 0 Å². The maximum atomic E-state index is 12.2. The number of rotatable bonds is 8. The topological polar surface area (TPSA) is 86.9 Å². The number of nitrogens with two attached hydrogens (primary N) is 1. The lowest BCUT2D eigenvalue weighted by atomic mass is 10.0. The first-order valence-electron chi connectivity index (χ1n) is 7.88. The SMILES string of the molecule is CC(C)C[C@H](N)C(=O)N1CCN(CCCCC(=O)O)CC1. The maximum absolute atomic E-state index is 12.2. The van der Waals surface area contributed by atoms with E-state index in [0.717, 1.165) is 45.6 Å². The molecule has 1 amide bonds. The van der Waals surface area contributed by atoms with Gasteiger partial charge in [0.05, 0.1) is 6.04 Å². The van der Waals surface area contributed by atoms with Crippen molar-refractivity contribution in [3.8, 4) is 0 Å². The van der Waals surface area contributed by atoms with Crippen molar-refractivity contribution in [1.82, 2.24) is 9.80 Å². The zero-order chi connectivity index (χ0) is 15.8. The van der Waals surface area contributed by atoms with Crippen molar-refractivity contribution >= 4 is 11.9 Å². The molecule has 1 atom stereocenters. The molecule has 0 spiro atoms. The van der Waals surface area contributed by atoms with Crippen molar-refractivity contribution in [2.75, 3.05) is 32.7 Å². The summed E-state index contributed by atoms with van der Waals surface area (Å²) in [6, 6.07) is -0.382. The number of unbranched alkanes of at least 4 members (excludes halogenated alkanes) is 1. The zero-order valence-electron chi connectivity index (χ0n) is 13.3. The van der Waals surface area contributed by atoms with Crippen molar-refractivity contribution < 1.29 is 14.7 Å². The minimum atomic E-state index is -0.732. The second-order valence-electron chi connectivity index (χ2n) is 6.25. The molecule has 1 saturated heterocycles. The fraction of sp³-hybridized carbons (Fsp3) is 0.867. The van der Waals surface area contributed by atoms with Crippen LogP contribution in [0.1, 0.15) is 39.5 Å². The molecule has 0 bridgehead atoms. The number of carbonyl (C=O) groups excluding carboxylic acids is 1. The van der Waals surface area contributed by atoms with Gasteiger partial charge in [-0.25, -0.2) is 0 Å². The van der Waals surface area contributed by atoms with Crippen LogP contribution >= 0.6 is 0 Å². The molecule has 1 heterocycles. The van der Waals surface area contributed by atoms with Crippen LogP contribution < -0.4 is 5.73 Å². The van der Waals surface area contributed by atoms with Gasteiger partial charge in [-0.2, -0.15) is 0 Å². The van der Waals surface area contributed by atoms with E-state index in [9.17, 15) is 9.59 Å². The lowest BCUT2D eigenvalue weighted by Gasteiger charge is -2.36. The highest BCUT2D eigenvalue weighted by Crippen LogP contribution is 2.09. The van der Waals surface area contributed by atoms with E-state index in [1.807, 2.05) is 4.90 Å². The molecular weight excluding hydrogens is 270 g/mol. The lowest BCUT2D eigenvalue weighted by molar-refractivity contribution is -0.137. The molecule has 0 saturated carbocycles. The molecule has 0 aromatic heterocycles. The number of aliphatic carboxylic acids is 1. The van der Waals surface area contributed by atoms with Gasteiger partial charge >= 0.3 is 5.97 Å². The number of carbonyl (C=O) groups is 2. The van der Waals surface area contributed by atoms with E-state index in [-0.39, 0.29) is 18.4 Å². The molecule has 0 unspecified atom stereocenters. The highest BCUT2D eigenvalue weighted by Gasteiger charge is 2.25. The molecule has 3 N–H and O–H groups in total. The zero-order valence-corrected chi connectivity index (χ0v) is 13.3. The Morgan fingerprint density at radius 2 is 1.76 bits per heavy atom. The normalized spacial score (nSPS) is 18.0. The van der Waals surface area contributed by atoms with Crippen LogP contribution in [-0.4, -0.2) is 65.5 Å². The minimum absolute atomic E-state index is 0.0641. The molecule has 1 fully saturated rings. The number of carboxylic acid groups (broad SMARTS) is 1. The second kappa shape index (κ2) is 9.00. The predicted molar refractivity (Wildman–Crippen MR) is 81.9 cm³/mol. The number of hydrogen-bond acceptors (Lipinski definition) is 4. The third-order valence-corrected chi connectivity index (χ3v) is 3.84. The second-order valence-corrected chi connectivity index (χ2v) is 6.25. The van der Waals surface area contributed by atoms with Gasteiger partial charge in [0.1, 0.15) is 0 Å². The van der Waals surface area contributed by atoms with Crippen LogP contribution in [0.2, 0.25) is 0 Å². The van der Waals surface area contributed by atoms with E-state index in [0.29, 0.717) is 12.3 Å². The molecule has 1 aliphatic heterocycles. The van der Waals surface area contributed by atoms with Crippen molar-refractivity contribution in [3.63, 3.8) is 0 Å². The number of hydrogen-bond donors (Lipinski definition) is 2. The van der Waals surface area contributed by atoms with Crippen molar-refractivity contribution in [2.45, 2.75) is 45.6 Å². The average molecular weight is 299 g/mol. The third-order valence-electron chi connectivity index (χ3n) is 3.84. The standard InChI is InChI=1S/C15H29N3O3/c1-12(2)11-13(16)15(21)18-9-7-17(8-10-18)6-4-3-5-14(19)20/h12-13H,3-11,16H2,1-2H3,(H,19,20)/t13-/m0/s1. The van der Waals surface area contributed by atoms with Crippen LogP contribution in [0.15, 0.2) is 0 Å². The van der Waals surface area contributed by atoms with E-state index in [1.165, 1.54) is 0 Å². The summed E-state index contributed by atoms with van der Waals surface area (Å²) in [6.07, 6.45) is 2.58. The van der Waals surface area contributed by atoms with E-state index in [1.54, 1.807) is 0 Å². The molecule has 6 heteroatoms. The first kappa shape index (κ1) is 17.9. The first-order chi connectivity index (χ1) is 9.90. The third kappa shape index (κ3) is 6.91. The summed E-state index contributed by atoms with van der Waals surface area (Å²) in [5.41, 5.74) is 5.95. The van der Waals surface area contributed by atoms with Crippen LogP contribution in [0.25, 0.3) is 0 Å². The molecular formula is C15H29N3O3. The summed E-state index contributed by atoms with van der Waals surface area (Å²) in [6.45, 7) is 8.21. The van der Waals surface area contributed by atoms with Gasteiger partial charge < -0.3 is 15.7 Å². The monoisotopic (exact) mass is 299 g/mol. The summed E-state index contributed by atoms with van der Waals surface area (Å²) in [7, 11) is 0. The molecule has 0 radical (unpaired) electrons. The van der Waals surface area contributed by atoms with E-state index < -0.39 is 5.97 Å². The van der Waals surface area contributed by atoms with Crippen LogP contribution in [0.4, 0.5) is 0 Å². The Labute approximate surface area is 127 Å². The molecule has 1 rings (SSSR count). The quantitative estimate of drug-likeness (QED) is 0.646. The Hall–Kier alpha value is -1.14. The summed E-state index contributed by atoms with van der Waals surface area (Å²) in [5.74, 6) is -0.238. The Morgan fingerprint density at radius 3 is 2.29 bits per heavy atom. The largest absolute Gasteiger partial charge is 0.481 e. The van der Waals surface area contributed by atoms with Gasteiger partial charge in [0, 0.05) is 32.6 Å². The number of carboxylic acids is 1. The summed E-state index contributed by atoms with van der Waals surface area (Å²) in [5, 5.41) is 8.59. The van der Waals surface area contributed by atoms with E-state index in [4.69, 9.17) is 10.8 Å². The molecule has 21 heavy (non-hydrogen) atoms. The molecule has 122 valence electrons. The Kier molecular flexibility index (Phi) is 7.67. The molecule has 0 aromatic carbocycles.